The van der Waals surface area contributed by atoms with Crippen LogP contribution in [0.15, 0.2) is 47.4 Å². The number of amides is 1. The summed E-state index contributed by atoms with van der Waals surface area (Å²) >= 11 is 0. The van der Waals surface area contributed by atoms with Crippen LogP contribution in [-0.2, 0) is 24.1 Å². The number of halogens is 3. The average molecular weight is 407 g/mol. The van der Waals surface area contributed by atoms with Crippen LogP contribution in [0.4, 0.5) is 13.2 Å². The van der Waals surface area contributed by atoms with Crippen molar-refractivity contribution in [3.05, 3.63) is 69.6 Å². The SMILES string of the molecule is Cc1ccc(CN2CCCN(C(=O)Cn3cccc(C(F)(F)F)c3=O)CC2)cc1. The van der Waals surface area contributed by atoms with Crippen LogP contribution < -0.4 is 5.56 Å². The first-order chi connectivity index (χ1) is 13.7. The molecule has 0 unspecified atom stereocenters. The summed E-state index contributed by atoms with van der Waals surface area (Å²) in [6, 6.07) is 10.2. The second kappa shape index (κ2) is 8.82. The van der Waals surface area contributed by atoms with Crippen molar-refractivity contribution in [2.75, 3.05) is 26.2 Å². The third-order valence-electron chi connectivity index (χ3n) is 5.10. The second-order valence-corrected chi connectivity index (χ2v) is 7.35. The van der Waals surface area contributed by atoms with E-state index >= 15 is 0 Å². The first-order valence-electron chi connectivity index (χ1n) is 9.56. The maximum atomic E-state index is 12.9. The molecule has 0 aliphatic carbocycles. The lowest BCUT2D eigenvalue weighted by molar-refractivity contribution is -0.139. The zero-order valence-electron chi connectivity index (χ0n) is 16.3. The van der Waals surface area contributed by atoms with Crippen LogP contribution in [0.5, 0.6) is 0 Å². The molecule has 5 nitrogen and oxygen atoms in total. The average Bonchev–Trinajstić information content (AvgIpc) is 2.90. The summed E-state index contributed by atoms with van der Waals surface area (Å²) in [7, 11) is 0. The number of carbonyl (C=O) groups excluding carboxylic acids is 1. The topological polar surface area (TPSA) is 45.5 Å². The molecule has 0 spiro atoms. The van der Waals surface area contributed by atoms with Crippen molar-refractivity contribution in [3.63, 3.8) is 0 Å². The van der Waals surface area contributed by atoms with Crippen molar-refractivity contribution in [2.24, 2.45) is 0 Å². The van der Waals surface area contributed by atoms with Gasteiger partial charge in [-0.2, -0.15) is 13.2 Å². The van der Waals surface area contributed by atoms with Crippen LogP contribution in [0.1, 0.15) is 23.1 Å². The summed E-state index contributed by atoms with van der Waals surface area (Å²) in [5.41, 5.74) is -0.0470. The molecule has 1 aliphatic heterocycles. The highest BCUT2D eigenvalue weighted by molar-refractivity contribution is 5.76. The Morgan fingerprint density at radius 1 is 1.03 bits per heavy atom. The summed E-state index contributed by atoms with van der Waals surface area (Å²) in [4.78, 5) is 28.5. The summed E-state index contributed by atoms with van der Waals surface area (Å²) < 4.78 is 39.5. The smallest absolute Gasteiger partial charge is 0.340 e. The highest BCUT2D eigenvalue weighted by Crippen LogP contribution is 2.26. The van der Waals surface area contributed by atoms with Crippen LogP contribution in [0.25, 0.3) is 0 Å². The van der Waals surface area contributed by atoms with Gasteiger partial charge in [-0.3, -0.25) is 14.5 Å². The van der Waals surface area contributed by atoms with E-state index in [1.165, 1.54) is 17.3 Å². The molecule has 8 heteroatoms. The third kappa shape index (κ3) is 5.47. The van der Waals surface area contributed by atoms with Crippen LogP contribution >= 0.6 is 0 Å². The maximum Gasteiger partial charge on any atom is 0.421 e. The molecule has 0 atom stereocenters. The van der Waals surface area contributed by atoms with E-state index < -0.39 is 17.3 Å². The lowest BCUT2D eigenvalue weighted by Crippen LogP contribution is -2.39. The number of rotatable bonds is 4. The van der Waals surface area contributed by atoms with Crippen LogP contribution in [0.3, 0.4) is 0 Å². The van der Waals surface area contributed by atoms with Gasteiger partial charge in [0.2, 0.25) is 5.91 Å². The molecular formula is C21H24F3N3O2. The number of hydrogen-bond acceptors (Lipinski definition) is 3. The van der Waals surface area contributed by atoms with Crippen molar-refractivity contribution in [2.45, 2.75) is 32.6 Å². The van der Waals surface area contributed by atoms with Crippen molar-refractivity contribution in [1.82, 2.24) is 14.4 Å². The number of alkyl halides is 3. The van der Waals surface area contributed by atoms with E-state index in [1.54, 1.807) is 4.90 Å². The van der Waals surface area contributed by atoms with Gasteiger partial charge in [0.05, 0.1) is 0 Å². The minimum atomic E-state index is -4.73. The van der Waals surface area contributed by atoms with Crippen molar-refractivity contribution in [1.29, 1.82) is 0 Å². The van der Waals surface area contributed by atoms with E-state index in [9.17, 15) is 22.8 Å². The summed E-state index contributed by atoms with van der Waals surface area (Å²) in [6.45, 7) is 4.96. The highest BCUT2D eigenvalue weighted by Gasteiger charge is 2.34. The van der Waals surface area contributed by atoms with Crippen LogP contribution in [-0.4, -0.2) is 46.5 Å². The predicted molar refractivity (Wildman–Crippen MR) is 103 cm³/mol. The Morgan fingerprint density at radius 3 is 2.45 bits per heavy atom. The Morgan fingerprint density at radius 2 is 1.76 bits per heavy atom. The standard InChI is InChI=1S/C21H24F3N3O2/c1-16-5-7-17(8-6-16)14-25-9-3-11-26(13-12-25)19(28)15-27-10-2-4-18(20(27)29)21(22,23)24/h2,4-8,10H,3,9,11-15H2,1H3. The normalized spacial score (nSPS) is 15.9. The van der Waals surface area contributed by atoms with Gasteiger partial charge in [-0.15, -0.1) is 0 Å². The zero-order chi connectivity index (χ0) is 21.0. The number of nitrogens with zero attached hydrogens (tertiary/aromatic N) is 3. The Kier molecular flexibility index (Phi) is 6.42. The molecule has 1 saturated heterocycles. The van der Waals surface area contributed by atoms with E-state index in [4.69, 9.17) is 0 Å². The fraction of sp³-hybridized carbons (Fsp3) is 0.429. The Hall–Kier alpha value is -2.61. The molecule has 29 heavy (non-hydrogen) atoms. The highest BCUT2D eigenvalue weighted by atomic mass is 19.4. The van der Waals surface area contributed by atoms with Gasteiger partial charge < -0.3 is 9.47 Å². The summed E-state index contributed by atoms with van der Waals surface area (Å²) in [5.74, 6) is -0.344. The van der Waals surface area contributed by atoms with Gasteiger partial charge in [0.15, 0.2) is 0 Å². The van der Waals surface area contributed by atoms with Gasteiger partial charge in [0, 0.05) is 38.9 Å². The predicted octanol–water partition coefficient (Wildman–Crippen LogP) is 2.91. The number of benzene rings is 1. The molecule has 3 rings (SSSR count). The minimum absolute atomic E-state index is 0.344. The van der Waals surface area contributed by atoms with E-state index in [2.05, 4.69) is 29.2 Å². The van der Waals surface area contributed by atoms with Crippen LogP contribution in [0, 0.1) is 6.92 Å². The lowest BCUT2D eigenvalue weighted by Gasteiger charge is -2.22. The molecule has 0 N–H and O–H groups in total. The van der Waals surface area contributed by atoms with Gasteiger partial charge in [0.1, 0.15) is 12.1 Å². The first-order valence-corrected chi connectivity index (χ1v) is 9.56. The zero-order valence-corrected chi connectivity index (χ0v) is 16.3. The Labute approximate surface area is 167 Å². The Bertz CT molecular complexity index is 907. The molecule has 1 aromatic carbocycles. The van der Waals surface area contributed by atoms with Crippen LogP contribution in [0.2, 0.25) is 0 Å². The largest absolute Gasteiger partial charge is 0.421 e. The summed E-state index contributed by atoms with van der Waals surface area (Å²) in [6.07, 6.45) is -2.74. The number of carbonyl (C=O) groups is 1. The molecule has 2 heterocycles. The molecule has 0 bridgehead atoms. The van der Waals surface area contributed by atoms with Crippen molar-refractivity contribution < 1.29 is 18.0 Å². The molecule has 2 aromatic rings. The van der Waals surface area contributed by atoms with Gasteiger partial charge in [-0.05, 0) is 31.0 Å². The van der Waals surface area contributed by atoms with Gasteiger partial charge in [-0.25, -0.2) is 0 Å². The quantitative estimate of drug-likeness (QED) is 0.783. The number of hydrogen-bond donors (Lipinski definition) is 0. The van der Waals surface area contributed by atoms with E-state index in [-0.39, 0.29) is 12.5 Å². The maximum absolute atomic E-state index is 12.9. The fourth-order valence-corrected chi connectivity index (χ4v) is 3.45. The van der Waals surface area contributed by atoms with Gasteiger partial charge in [-0.1, -0.05) is 29.8 Å². The van der Waals surface area contributed by atoms with E-state index in [0.717, 1.165) is 36.2 Å². The summed E-state index contributed by atoms with van der Waals surface area (Å²) in [5, 5.41) is 0. The van der Waals surface area contributed by atoms with Crippen molar-refractivity contribution >= 4 is 5.91 Å². The molecular weight excluding hydrogens is 383 g/mol. The first kappa shape index (κ1) is 21.1. The fourth-order valence-electron chi connectivity index (χ4n) is 3.45. The molecule has 1 aromatic heterocycles. The van der Waals surface area contributed by atoms with Crippen molar-refractivity contribution in [3.8, 4) is 0 Å². The van der Waals surface area contributed by atoms with Gasteiger partial charge in [0.25, 0.3) is 5.56 Å². The number of aryl methyl sites for hydroxylation is 1. The van der Waals surface area contributed by atoms with E-state index in [1.807, 2.05) is 6.92 Å². The molecule has 1 aliphatic rings. The monoisotopic (exact) mass is 407 g/mol. The number of pyridine rings is 1. The second-order valence-electron chi connectivity index (χ2n) is 7.35. The lowest BCUT2D eigenvalue weighted by atomic mass is 10.1. The van der Waals surface area contributed by atoms with Gasteiger partial charge >= 0.3 is 6.18 Å². The third-order valence-corrected chi connectivity index (χ3v) is 5.10. The molecule has 0 radical (unpaired) electrons. The number of aromatic nitrogens is 1. The van der Waals surface area contributed by atoms with E-state index in [0.29, 0.717) is 19.6 Å². The Balaban J connectivity index is 1.61. The molecule has 1 fully saturated rings. The minimum Gasteiger partial charge on any atom is -0.340 e. The molecule has 0 saturated carbocycles. The molecule has 1 amide bonds. The molecule has 156 valence electrons.